The summed E-state index contributed by atoms with van der Waals surface area (Å²) >= 11 is 5.87. The van der Waals surface area contributed by atoms with E-state index in [0.29, 0.717) is 19.0 Å². The Morgan fingerprint density at radius 3 is 2.17 bits per heavy atom. The first-order valence-corrected chi connectivity index (χ1v) is 8.43. The molecule has 128 valence electrons. The van der Waals surface area contributed by atoms with Crippen molar-refractivity contribution in [2.45, 2.75) is 19.2 Å². The van der Waals surface area contributed by atoms with Gasteiger partial charge in [0.05, 0.1) is 6.61 Å². The zero-order valence-corrected chi connectivity index (χ0v) is 14.2. The van der Waals surface area contributed by atoms with E-state index in [1.165, 1.54) is 0 Å². The van der Waals surface area contributed by atoms with Gasteiger partial charge in [0.2, 0.25) is 0 Å². The van der Waals surface area contributed by atoms with Crippen molar-refractivity contribution >= 4 is 17.6 Å². The molecule has 4 nitrogen and oxygen atoms in total. The lowest BCUT2D eigenvalue weighted by Crippen LogP contribution is -2.45. The number of aliphatic hydroxyl groups excluding tert-OH is 1. The second-order valence-electron chi connectivity index (χ2n) is 5.44. The second-order valence-corrected chi connectivity index (χ2v) is 5.81. The second kappa shape index (κ2) is 10.1. The van der Waals surface area contributed by atoms with E-state index in [1.54, 1.807) is 0 Å². The van der Waals surface area contributed by atoms with E-state index in [-0.39, 0.29) is 13.2 Å². The van der Waals surface area contributed by atoms with Gasteiger partial charge in [0.25, 0.3) is 0 Å². The van der Waals surface area contributed by atoms with Gasteiger partial charge < -0.3 is 9.84 Å². The number of hydrogen-bond acceptors (Lipinski definition) is 4. The molecule has 2 aromatic rings. The molecule has 0 heterocycles. The van der Waals surface area contributed by atoms with E-state index in [1.807, 2.05) is 65.6 Å². The smallest absolute Gasteiger partial charge is 0.326 e. The molecule has 2 rings (SSSR count). The van der Waals surface area contributed by atoms with Gasteiger partial charge >= 0.3 is 5.97 Å². The van der Waals surface area contributed by atoms with Gasteiger partial charge in [-0.25, -0.2) is 0 Å². The third-order valence-corrected chi connectivity index (χ3v) is 3.88. The van der Waals surface area contributed by atoms with Gasteiger partial charge in [-0.15, -0.1) is 11.6 Å². The highest BCUT2D eigenvalue weighted by Crippen LogP contribution is 2.11. The molecule has 1 atom stereocenters. The molecule has 24 heavy (non-hydrogen) atoms. The number of rotatable bonds is 9. The molecule has 1 N–H and O–H groups in total. The van der Waals surface area contributed by atoms with E-state index >= 15 is 0 Å². The zero-order valence-electron chi connectivity index (χ0n) is 13.5. The van der Waals surface area contributed by atoms with Crippen LogP contribution in [0.3, 0.4) is 0 Å². The molecule has 0 fully saturated rings. The van der Waals surface area contributed by atoms with Crippen molar-refractivity contribution in [3.63, 3.8) is 0 Å². The normalized spacial score (nSPS) is 12.1. The predicted octanol–water partition coefficient (Wildman–Crippen LogP) is 2.83. The van der Waals surface area contributed by atoms with Crippen molar-refractivity contribution in [1.82, 2.24) is 4.90 Å². The summed E-state index contributed by atoms with van der Waals surface area (Å²) in [6, 6.07) is 18.5. The van der Waals surface area contributed by atoms with E-state index in [2.05, 4.69) is 0 Å². The van der Waals surface area contributed by atoms with Crippen molar-refractivity contribution in [2.75, 3.05) is 19.0 Å². The quantitative estimate of drug-likeness (QED) is 0.560. The molecule has 0 aliphatic rings. The van der Waals surface area contributed by atoms with Crippen molar-refractivity contribution in [3.05, 3.63) is 71.8 Å². The molecule has 0 aliphatic carbocycles. The molecule has 0 bridgehead atoms. The Labute approximate surface area is 147 Å². The molecule has 0 spiro atoms. The SMILES string of the molecule is O=C(OCc1ccccc1)C(CO)N(CCCl)Cc1ccccc1. The lowest BCUT2D eigenvalue weighted by Gasteiger charge is -2.28. The Kier molecular flexibility index (Phi) is 7.75. The molecule has 2 aromatic carbocycles. The number of halogens is 1. The van der Waals surface area contributed by atoms with Gasteiger partial charge in [0, 0.05) is 19.0 Å². The maximum absolute atomic E-state index is 12.4. The van der Waals surface area contributed by atoms with Crippen LogP contribution in [-0.4, -0.2) is 41.0 Å². The van der Waals surface area contributed by atoms with Crippen molar-refractivity contribution in [1.29, 1.82) is 0 Å². The van der Waals surface area contributed by atoms with Crippen LogP contribution in [0.25, 0.3) is 0 Å². The van der Waals surface area contributed by atoms with E-state index in [9.17, 15) is 9.90 Å². The Morgan fingerprint density at radius 1 is 1.04 bits per heavy atom. The Morgan fingerprint density at radius 2 is 1.62 bits per heavy atom. The van der Waals surface area contributed by atoms with Crippen LogP contribution in [0, 0.1) is 0 Å². The topological polar surface area (TPSA) is 49.8 Å². The van der Waals surface area contributed by atoms with Crippen LogP contribution < -0.4 is 0 Å². The van der Waals surface area contributed by atoms with Gasteiger partial charge in [-0.3, -0.25) is 9.69 Å². The fourth-order valence-corrected chi connectivity index (χ4v) is 2.65. The molecule has 0 saturated carbocycles. The van der Waals surface area contributed by atoms with Crippen LogP contribution in [0.1, 0.15) is 11.1 Å². The number of carbonyl (C=O) groups excluding carboxylic acids is 1. The summed E-state index contributed by atoms with van der Waals surface area (Å²) in [5.41, 5.74) is 1.96. The molecular weight excluding hydrogens is 326 g/mol. The van der Waals surface area contributed by atoms with Crippen LogP contribution in [0.5, 0.6) is 0 Å². The molecule has 0 aromatic heterocycles. The molecule has 5 heteroatoms. The number of aliphatic hydroxyl groups is 1. The Balaban J connectivity index is 2.00. The Bertz CT molecular complexity index is 607. The molecule has 1 unspecified atom stereocenters. The standard InChI is InChI=1S/C19H22ClNO3/c20-11-12-21(13-16-7-3-1-4-8-16)18(14-22)19(23)24-15-17-9-5-2-6-10-17/h1-10,18,22H,11-15H2. The summed E-state index contributed by atoms with van der Waals surface area (Å²) in [6.45, 7) is 0.898. The van der Waals surface area contributed by atoms with Crippen LogP contribution in [0.15, 0.2) is 60.7 Å². The first-order valence-electron chi connectivity index (χ1n) is 7.90. The number of esters is 1. The van der Waals surface area contributed by atoms with Crippen LogP contribution in [-0.2, 0) is 22.7 Å². The van der Waals surface area contributed by atoms with Crippen LogP contribution in [0.4, 0.5) is 0 Å². The van der Waals surface area contributed by atoms with Gasteiger partial charge in [-0.05, 0) is 11.1 Å². The fourth-order valence-electron chi connectivity index (χ4n) is 2.44. The van der Waals surface area contributed by atoms with E-state index in [4.69, 9.17) is 16.3 Å². The first-order chi connectivity index (χ1) is 11.7. The highest BCUT2D eigenvalue weighted by molar-refractivity contribution is 6.18. The van der Waals surface area contributed by atoms with Gasteiger partial charge in [-0.2, -0.15) is 0 Å². The lowest BCUT2D eigenvalue weighted by molar-refractivity contribution is -0.153. The van der Waals surface area contributed by atoms with Crippen molar-refractivity contribution in [2.24, 2.45) is 0 Å². The Hall–Kier alpha value is -1.88. The summed E-state index contributed by atoms with van der Waals surface area (Å²) in [5.74, 6) is -0.0719. The van der Waals surface area contributed by atoms with Crippen LogP contribution in [0.2, 0.25) is 0 Å². The number of alkyl halides is 1. The number of hydrogen-bond donors (Lipinski definition) is 1. The first kappa shape index (κ1) is 18.5. The largest absolute Gasteiger partial charge is 0.460 e. The molecular formula is C19H22ClNO3. The van der Waals surface area contributed by atoms with Gasteiger partial charge in [0.15, 0.2) is 0 Å². The molecule has 0 aliphatic heterocycles. The lowest BCUT2D eigenvalue weighted by atomic mass is 10.1. The van der Waals surface area contributed by atoms with Crippen LogP contribution >= 0.6 is 11.6 Å². The third kappa shape index (κ3) is 5.64. The highest BCUT2D eigenvalue weighted by atomic mass is 35.5. The minimum atomic E-state index is -0.729. The zero-order chi connectivity index (χ0) is 17.2. The molecule has 0 radical (unpaired) electrons. The minimum absolute atomic E-state index is 0.191. The number of ether oxygens (including phenoxy) is 1. The molecule has 0 saturated heterocycles. The highest BCUT2D eigenvalue weighted by Gasteiger charge is 2.26. The third-order valence-electron chi connectivity index (χ3n) is 3.71. The number of nitrogens with zero attached hydrogens (tertiary/aromatic N) is 1. The van der Waals surface area contributed by atoms with E-state index in [0.717, 1.165) is 11.1 Å². The van der Waals surface area contributed by atoms with Gasteiger partial charge in [0.1, 0.15) is 12.6 Å². The molecule has 0 amide bonds. The minimum Gasteiger partial charge on any atom is -0.460 e. The van der Waals surface area contributed by atoms with Crippen molar-refractivity contribution in [3.8, 4) is 0 Å². The summed E-state index contributed by atoms with van der Waals surface area (Å²) in [7, 11) is 0. The maximum Gasteiger partial charge on any atom is 0.326 e. The monoisotopic (exact) mass is 347 g/mol. The van der Waals surface area contributed by atoms with Crippen molar-refractivity contribution < 1.29 is 14.6 Å². The fraction of sp³-hybridized carbons (Fsp3) is 0.316. The van der Waals surface area contributed by atoms with E-state index < -0.39 is 12.0 Å². The summed E-state index contributed by atoms with van der Waals surface area (Å²) in [6.07, 6.45) is 0. The predicted molar refractivity (Wildman–Crippen MR) is 94.7 cm³/mol. The number of benzene rings is 2. The summed E-state index contributed by atoms with van der Waals surface area (Å²) < 4.78 is 5.36. The van der Waals surface area contributed by atoms with Gasteiger partial charge in [-0.1, -0.05) is 60.7 Å². The number of carbonyl (C=O) groups is 1. The summed E-state index contributed by atoms with van der Waals surface area (Å²) in [5, 5.41) is 9.68. The average molecular weight is 348 g/mol. The maximum atomic E-state index is 12.4. The summed E-state index contributed by atoms with van der Waals surface area (Å²) in [4.78, 5) is 14.2. The average Bonchev–Trinajstić information content (AvgIpc) is 2.62.